The monoisotopic (exact) mass is 447 g/mol. The largest absolute Gasteiger partial charge is 0.368 e. The zero-order chi connectivity index (χ0) is 20.9. The van der Waals surface area contributed by atoms with E-state index in [1.807, 2.05) is 36.4 Å². The third-order valence-corrected chi connectivity index (χ3v) is 6.54. The number of anilines is 1. The van der Waals surface area contributed by atoms with Gasteiger partial charge in [-0.2, -0.15) is 0 Å². The fourth-order valence-electron chi connectivity index (χ4n) is 4.01. The number of rotatable bonds is 8. The highest BCUT2D eigenvalue weighted by Crippen LogP contribution is 2.32. The summed E-state index contributed by atoms with van der Waals surface area (Å²) in [4.78, 5) is 17.1. The van der Waals surface area contributed by atoms with E-state index in [1.165, 1.54) is 12.8 Å². The molecule has 0 aliphatic carbocycles. The Balaban J connectivity index is 1.14. The Kier molecular flexibility index (Phi) is 6.97. The molecule has 0 N–H and O–H groups in total. The quantitative estimate of drug-likeness (QED) is 0.485. The van der Waals surface area contributed by atoms with Gasteiger partial charge in [0.2, 0.25) is 0 Å². The number of aryl methyl sites for hydroxylation is 1. The summed E-state index contributed by atoms with van der Waals surface area (Å²) in [6.07, 6.45) is 6.20. The molecule has 30 heavy (non-hydrogen) atoms. The SMILES string of the molecule is O=c1n(CCCCCCN2CCN(c3cccc(Cl)c3Cl)CC2)nc2ccccn12. The summed E-state index contributed by atoms with van der Waals surface area (Å²) < 4.78 is 3.17. The summed E-state index contributed by atoms with van der Waals surface area (Å²) in [6, 6.07) is 11.4. The number of nitrogens with zero attached hydrogens (tertiary/aromatic N) is 5. The number of piperazine rings is 1. The van der Waals surface area contributed by atoms with Crippen LogP contribution in [0.5, 0.6) is 0 Å². The van der Waals surface area contributed by atoms with Crippen molar-refractivity contribution in [1.29, 1.82) is 0 Å². The van der Waals surface area contributed by atoms with Crippen molar-refractivity contribution >= 4 is 34.5 Å². The lowest BCUT2D eigenvalue weighted by Crippen LogP contribution is -2.46. The third kappa shape index (κ3) is 4.82. The number of aromatic nitrogens is 3. The van der Waals surface area contributed by atoms with Gasteiger partial charge in [0.25, 0.3) is 0 Å². The second-order valence-electron chi connectivity index (χ2n) is 7.75. The van der Waals surface area contributed by atoms with Crippen molar-refractivity contribution in [1.82, 2.24) is 19.1 Å². The predicted molar refractivity (Wildman–Crippen MR) is 123 cm³/mol. The zero-order valence-corrected chi connectivity index (χ0v) is 18.5. The van der Waals surface area contributed by atoms with E-state index in [9.17, 15) is 4.79 Å². The topological polar surface area (TPSA) is 45.8 Å². The van der Waals surface area contributed by atoms with Crippen LogP contribution in [0.4, 0.5) is 5.69 Å². The lowest BCUT2D eigenvalue weighted by molar-refractivity contribution is 0.251. The first-order chi connectivity index (χ1) is 14.6. The number of hydrogen-bond acceptors (Lipinski definition) is 4. The van der Waals surface area contributed by atoms with Crippen LogP contribution in [-0.2, 0) is 6.54 Å². The van der Waals surface area contributed by atoms with E-state index in [0.29, 0.717) is 22.2 Å². The second kappa shape index (κ2) is 9.86. The van der Waals surface area contributed by atoms with Crippen LogP contribution in [0.15, 0.2) is 47.4 Å². The third-order valence-electron chi connectivity index (χ3n) is 5.73. The smallest absolute Gasteiger partial charge is 0.350 e. The van der Waals surface area contributed by atoms with Gasteiger partial charge in [0, 0.05) is 38.9 Å². The highest BCUT2D eigenvalue weighted by atomic mass is 35.5. The molecule has 160 valence electrons. The van der Waals surface area contributed by atoms with E-state index < -0.39 is 0 Å². The molecular formula is C22H27Cl2N5O. The molecule has 3 aromatic rings. The first-order valence-corrected chi connectivity index (χ1v) is 11.3. The van der Waals surface area contributed by atoms with Gasteiger partial charge in [0.15, 0.2) is 5.65 Å². The fourth-order valence-corrected chi connectivity index (χ4v) is 4.43. The first-order valence-electron chi connectivity index (χ1n) is 10.6. The molecule has 0 amide bonds. The Bertz CT molecular complexity index is 1040. The molecule has 0 radical (unpaired) electrons. The lowest BCUT2D eigenvalue weighted by atomic mass is 10.1. The number of unbranched alkanes of at least 4 members (excludes halogenated alkanes) is 3. The molecule has 8 heteroatoms. The van der Waals surface area contributed by atoms with Crippen molar-refractivity contribution in [2.24, 2.45) is 0 Å². The van der Waals surface area contributed by atoms with Crippen LogP contribution in [-0.4, -0.2) is 51.8 Å². The van der Waals surface area contributed by atoms with Crippen molar-refractivity contribution in [3.8, 4) is 0 Å². The molecule has 1 aliphatic heterocycles. The lowest BCUT2D eigenvalue weighted by Gasteiger charge is -2.36. The molecule has 0 spiro atoms. The van der Waals surface area contributed by atoms with Crippen LogP contribution in [0.25, 0.3) is 5.65 Å². The average Bonchev–Trinajstić information content (AvgIpc) is 3.09. The molecule has 0 saturated carbocycles. The van der Waals surface area contributed by atoms with Gasteiger partial charge in [-0.15, -0.1) is 5.10 Å². The van der Waals surface area contributed by atoms with Crippen LogP contribution in [0, 0.1) is 0 Å². The molecule has 4 rings (SSSR count). The highest BCUT2D eigenvalue weighted by Gasteiger charge is 2.19. The van der Waals surface area contributed by atoms with Crippen LogP contribution in [0.2, 0.25) is 10.0 Å². The highest BCUT2D eigenvalue weighted by molar-refractivity contribution is 6.43. The molecule has 0 atom stereocenters. The minimum absolute atomic E-state index is 0.0525. The minimum Gasteiger partial charge on any atom is -0.368 e. The van der Waals surface area contributed by atoms with Gasteiger partial charge in [0.05, 0.1) is 15.7 Å². The van der Waals surface area contributed by atoms with Crippen molar-refractivity contribution < 1.29 is 0 Å². The van der Waals surface area contributed by atoms with Gasteiger partial charge in [-0.25, -0.2) is 9.48 Å². The average molecular weight is 448 g/mol. The van der Waals surface area contributed by atoms with Crippen LogP contribution < -0.4 is 10.6 Å². The summed E-state index contributed by atoms with van der Waals surface area (Å²) in [5, 5.41) is 5.65. The number of fused-ring (bicyclic) bond motifs is 1. The normalized spacial score (nSPS) is 15.2. The number of hydrogen-bond donors (Lipinski definition) is 0. The van der Waals surface area contributed by atoms with Crippen molar-refractivity contribution in [2.75, 3.05) is 37.6 Å². The fraction of sp³-hybridized carbons (Fsp3) is 0.455. The molecule has 6 nitrogen and oxygen atoms in total. The molecule has 0 bridgehead atoms. The summed E-state index contributed by atoms with van der Waals surface area (Å²) in [5.74, 6) is 0. The van der Waals surface area contributed by atoms with E-state index >= 15 is 0 Å². The number of halogens is 2. The van der Waals surface area contributed by atoms with E-state index in [-0.39, 0.29) is 5.69 Å². The maximum atomic E-state index is 12.3. The van der Waals surface area contributed by atoms with Gasteiger partial charge in [-0.05, 0) is 43.7 Å². The van der Waals surface area contributed by atoms with Gasteiger partial charge < -0.3 is 4.90 Å². The second-order valence-corrected chi connectivity index (χ2v) is 8.54. The zero-order valence-electron chi connectivity index (χ0n) is 17.0. The molecule has 3 heterocycles. The Morgan fingerprint density at radius 3 is 2.40 bits per heavy atom. The summed E-state index contributed by atoms with van der Waals surface area (Å²) >= 11 is 12.5. The van der Waals surface area contributed by atoms with Crippen molar-refractivity contribution in [3.63, 3.8) is 0 Å². The standard InChI is InChI=1S/C22H27Cl2N5O/c23-18-8-7-9-19(21(18)24)27-16-14-26(15-17-27)11-4-1-2-5-13-29-22(30)28-12-6-3-10-20(28)25-29/h3,6-10,12H,1-2,4-5,11,13-17H2. The van der Waals surface area contributed by atoms with Crippen molar-refractivity contribution in [3.05, 3.63) is 63.1 Å². The van der Waals surface area contributed by atoms with Crippen LogP contribution >= 0.6 is 23.2 Å². The molecule has 1 aromatic carbocycles. The van der Waals surface area contributed by atoms with Crippen LogP contribution in [0.1, 0.15) is 25.7 Å². The minimum atomic E-state index is -0.0525. The number of pyridine rings is 1. The summed E-state index contributed by atoms with van der Waals surface area (Å²) in [7, 11) is 0. The molecule has 0 unspecified atom stereocenters. The maximum absolute atomic E-state index is 12.3. The van der Waals surface area contributed by atoms with Gasteiger partial charge in [-0.3, -0.25) is 9.30 Å². The van der Waals surface area contributed by atoms with Gasteiger partial charge >= 0.3 is 5.69 Å². The molecular weight excluding hydrogens is 421 g/mol. The Labute approximate surface area is 186 Å². The first kappa shape index (κ1) is 21.2. The van der Waals surface area contributed by atoms with E-state index in [0.717, 1.165) is 51.3 Å². The van der Waals surface area contributed by atoms with E-state index in [4.69, 9.17) is 23.2 Å². The van der Waals surface area contributed by atoms with Gasteiger partial charge in [-0.1, -0.05) is 48.2 Å². The Morgan fingerprint density at radius 2 is 1.63 bits per heavy atom. The molecule has 1 fully saturated rings. The Hall–Kier alpha value is -2.02. The van der Waals surface area contributed by atoms with Crippen molar-refractivity contribution in [2.45, 2.75) is 32.2 Å². The van der Waals surface area contributed by atoms with Crippen LogP contribution in [0.3, 0.4) is 0 Å². The Morgan fingerprint density at radius 1 is 0.867 bits per heavy atom. The predicted octanol–water partition coefficient (Wildman–Crippen LogP) is 4.19. The number of benzene rings is 1. The maximum Gasteiger partial charge on any atom is 0.350 e. The molecule has 1 aliphatic rings. The summed E-state index contributed by atoms with van der Waals surface area (Å²) in [6.45, 7) is 5.82. The van der Waals surface area contributed by atoms with Gasteiger partial charge in [0.1, 0.15) is 0 Å². The molecule has 1 saturated heterocycles. The molecule has 2 aromatic heterocycles. The summed E-state index contributed by atoms with van der Waals surface area (Å²) in [5.41, 5.74) is 1.69. The van der Waals surface area contributed by atoms with E-state index in [1.54, 1.807) is 15.3 Å². The van der Waals surface area contributed by atoms with E-state index in [2.05, 4.69) is 14.9 Å².